The molecule has 2 aromatic carbocycles. The molecule has 1 aliphatic rings. The number of rotatable bonds is 6. The van der Waals surface area contributed by atoms with Crippen molar-refractivity contribution in [3.63, 3.8) is 0 Å². The van der Waals surface area contributed by atoms with Gasteiger partial charge in [-0.1, -0.05) is 24.3 Å². The van der Waals surface area contributed by atoms with Crippen LogP contribution in [0.1, 0.15) is 6.42 Å². The van der Waals surface area contributed by atoms with Crippen molar-refractivity contribution < 1.29 is 14.3 Å². The zero-order valence-corrected chi connectivity index (χ0v) is 15.9. The maximum atomic E-state index is 12.2. The van der Waals surface area contributed by atoms with E-state index in [-0.39, 0.29) is 24.7 Å². The normalized spacial score (nSPS) is 13.6. The number of nitrogens with one attached hydrogen (secondary N) is 1. The number of nitrogens with zero attached hydrogens (tertiary/aromatic N) is 2. The van der Waals surface area contributed by atoms with Gasteiger partial charge in [-0.25, -0.2) is 4.79 Å². The molecule has 3 aromatic rings. The number of thioether (sulfide) groups is 1. The molecule has 4 rings (SSSR count). The number of carbonyl (C=O) groups excluding carboxylic acids is 2. The van der Waals surface area contributed by atoms with Crippen LogP contribution < -0.4 is 10.6 Å². The summed E-state index contributed by atoms with van der Waals surface area (Å²) >= 11 is 1.47. The summed E-state index contributed by atoms with van der Waals surface area (Å²) in [7, 11) is 0. The zero-order valence-electron chi connectivity index (χ0n) is 15.1. The first-order valence-corrected chi connectivity index (χ1v) is 9.97. The lowest BCUT2D eigenvalue weighted by atomic mass is 10.2. The van der Waals surface area contributed by atoms with E-state index in [1.807, 2.05) is 48.5 Å². The van der Waals surface area contributed by atoms with Crippen LogP contribution in [-0.4, -0.2) is 40.3 Å². The third-order valence-electron chi connectivity index (χ3n) is 4.57. The number of fused-ring (bicyclic) bond motifs is 2. The lowest BCUT2D eigenvalue weighted by Gasteiger charge is -2.27. The lowest BCUT2D eigenvalue weighted by molar-refractivity contribution is -0.143. The van der Waals surface area contributed by atoms with E-state index < -0.39 is 5.97 Å². The zero-order chi connectivity index (χ0) is 19.5. The first-order valence-electron chi connectivity index (χ1n) is 8.99. The molecule has 1 aliphatic heterocycles. The minimum absolute atomic E-state index is 0.106. The molecule has 0 atom stereocenters. The molecule has 0 saturated carbocycles. The molecule has 1 amide bonds. The van der Waals surface area contributed by atoms with E-state index in [2.05, 4.69) is 4.98 Å². The summed E-state index contributed by atoms with van der Waals surface area (Å²) in [6.07, 6.45) is 0.508. The van der Waals surface area contributed by atoms with Gasteiger partial charge < -0.3 is 9.72 Å². The van der Waals surface area contributed by atoms with Crippen molar-refractivity contribution in [3.8, 4) is 0 Å². The molecule has 1 N–H and O–H groups in total. The van der Waals surface area contributed by atoms with E-state index in [0.717, 1.165) is 21.6 Å². The Bertz CT molecular complexity index is 1090. The molecule has 28 heavy (non-hydrogen) atoms. The van der Waals surface area contributed by atoms with Gasteiger partial charge in [0.25, 0.3) is 0 Å². The first kappa shape index (κ1) is 18.4. The van der Waals surface area contributed by atoms with Crippen LogP contribution in [0.15, 0.2) is 58.2 Å². The number of para-hydroxylation sites is 3. The van der Waals surface area contributed by atoms with Crippen LogP contribution in [0, 0.1) is 0 Å². The van der Waals surface area contributed by atoms with Crippen molar-refractivity contribution in [2.75, 3.05) is 23.8 Å². The second-order valence-corrected chi connectivity index (χ2v) is 7.43. The van der Waals surface area contributed by atoms with Crippen molar-refractivity contribution in [2.45, 2.75) is 17.9 Å². The summed E-state index contributed by atoms with van der Waals surface area (Å²) in [6, 6.07) is 15.0. The number of amides is 1. The largest absolute Gasteiger partial charge is 0.464 e. The number of aryl methyl sites for hydroxylation is 1. The van der Waals surface area contributed by atoms with Crippen LogP contribution in [0.3, 0.4) is 0 Å². The van der Waals surface area contributed by atoms with Crippen LogP contribution in [0.2, 0.25) is 0 Å². The molecule has 0 radical (unpaired) electrons. The van der Waals surface area contributed by atoms with Gasteiger partial charge in [0.15, 0.2) is 0 Å². The van der Waals surface area contributed by atoms with Gasteiger partial charge in [-0.15, -0.1) is 11.8 Å². The molecule has 0 unspecified atom stereocenters. The standard InChI is InChI=1S/C20H19N3O4S/c24-18-13-28-17-9-4-3-8-16(17)23(18)12-19(25)27-11-5-10-22-15-7-2-1-6-14(15)21-20(22)26/h1-4,6-9H,5,10-13H2,(H,21,26). The Kier molecular flexibility index (Phi) is 5.21. The molecule has 144 valence electrons. The molecule has 0 bridgehead atoms. The maximum Gasteiger partial charge on any atom is 0.326 e. The highest BCUT2D eigenvalue weighted by Gasteiger charge is 2.26. The molecule has 0 saturated heterocycles. The van der Waals surface area contributed by atoms with Gasteiger partial charge >= 0.3 is 11.7 Å². The van der Waals surface area contributed by atoms with E-state index >= 15 is 0 Å². The third-order valence-corrected chi connectivity index (χ3v) is 5.61. The van der Waals surface area contributed by atoms with E-state index in [0.29, 0.717) is 18.7 Å². The van der Waals surface area contributed by atoms with Crippen molar-refractivity contribution >= 4 is 40.4 Å². The van der Waals surface area contributed by atoms with Crippen LogP contribution in [0.25, 0.3) is 11.0 Å². The van der Waals surface area contributed by atoms with Gasteiger partial charge in [-0.05, 0) is 30.7 Å². The third kappa shape index (κ3) is 3.68. The molecule has 8 heteroatoms. The number of anilines is 1. The Hall–Kier alpha value is -3.00. The molecule has 7 nitrogen and oxygen atoms in total. The average Bonchev–Trinajstić information content (AvgIpc) is 3.02. The second-order valence-electron chi connectivity index (χ2n) is 6.41. The molecular weight excluding hydrogens is 378 g/mol. The number of ether oxygens (including phenoxy) is 1. The number of aromatic amines is 1. The Labute approximate surface area is 165 Å². The van der Waals surface area contributed by atoms with E-state index in [1.54, 1.807) is 4.57 Å². The average molecular weight is 397 g/mol. The fourth-order valence-corrected chi connectivity index (χ4v) is 4.18. The number of aromatic nitrogens is 2. The van der Waals surface area contributed by atoms with E-state index in [1.165, 1.54) is 16.7 Å². The number of imidazole rings is 1. The predicted molar refractivity (Wildman–Crippen MR) is 108 cm³/mol. The summed E-state index contributed by atoms with van der Waals surface area (Å²) in [5.74, 6) is -0.249. The number of benzene rings is 2. The monoisotopic (exact) mass is 397 g/mol. The van der Waals surface area contributed by atoms with Crippen molar-refractivity contribution in [1.29, 1.82) is 0 Å². The Morgan fingerprint density at radius 1 is 1.11 bits per heavy atom. The van der Waals surface area contributed by atoms with Gasteiger partial charge in [0.2, 0.25) is 5.91 Å². The van der Waals surface area contributed by atoms with Crippen molar-refractivity contribution in [3.05, 3.63) is 59.0 Å². The van der Waals surface area contributed by atoms with Crippen LogP contribution in [0.5, 0.6) is 0 Å². The quantitative estimate of drug-likeness (QED) is 0.510. The number of esters is 1. The Morgan fingerprint density at radius 2 is 1.89 bits per heavy atom. The summed E-state index contributed by atoms with van der Waals surface area (Å²) in [5, 5.41) is 0. The summed E-state index contributed by atoms with van der Waals surface area (Å²) in [4.78, 5) is 41.7. The van der Waals surface area contributed by atoms with Crippen molar-refractivity contribution in [1.82, 2.24) is 9.55 Å². The Balaban J connectivity index is 1.32. The van der Waals surface area contributed by atoms with Gasteiger partial charge in [0.05, 0.1) is 29.1 Å². The highest BCUT2D eigenvalue weighted by atomic mass is 32.2. The van der Waals surface area contributed by atoms with Crippen LogP contribution >= 0.6 is 11.8 Å². The lowest BCUT2D eigenvalue weighted by Crippen LogP contribution is -2.40. The SMILES string of the molecule is O=C(CN1C(=O)CSc2ccccc21)OCCCn1c(=O)[nH]c2ccccc21. The van der Waals surface area contributed by atoms with Gasteiger partial charge in [-0.2, -0.15) is 0 Å². The van der Waals surface area contributed by atoms with Gasteiger partial charge in [0.1, 0.15) is 6.54 Å². The number of carbonyl (C=O) groups is 2. The highest BCUT2D eigenvalue weighted by Crippen LogP contribution is 2.34. The minimum atomic E-state index is -0.457. The van der Waals surface area contributed by atoms with Crippen LogP contribution in [-0.2, 0) is 20.9 Å². The fourth-order valence-electron chi connectivity index (χ4n) is 3.24. The minimum Gasteiger partial charge on any atom is -0.464 e. The van der Waals surface area contributed by atoms with Crippen molar-refractivity contribution in [2.24, 2.45) is 0 Å². The Morgan fingerprint density at radius 3 is 2.79 bits per heavy atom. The smallest absolute Gasteiger partial charge is 0.326 e. The summed E-state index contributed by atoms with van der Waals surface area (Å²) in [5.41, 5.74) is 2.17. The summed E-state index contributed by atoms with van der Waals surface area (Å²) in [6.45, 7) is 0.519. The van der Waals surface area contributed by atoms with Gasteiger partial charge in [-0.3, -0.25) is 19.1 Å². The highest BCUT2D eigenvalue weighted by molar-refractivity contribution is 8.00. The topological polar surface area (TPSA) is 84.4 Å². The fraction of sp³-hybridized carbons (Fsp3) is 0.250. The van der Waals surface area contributed by atoms with E-state index in [9.17, 15) is 14.4 Å². The second kappa shape index (κ2) is 7.93. The number of hydrogen-bond donors (Lipinski definition) is 1. The van der Waals surface area contributed by atoms with Gasteiger partial charge in [0, 0.05) is 11.4 Å². The molecular formula is C20H19N3O4S. The number of H-pyrrole nitrogens is 1. The summed E-state index contributed by atoms with van der Waals surface area (Å²) < 4.78 is 6.92. The first-order chi connectivity index (χ1) is 13.6. The molecule has 0 spiro atoms. The van der Waals surface area contributed by atoms with E-state index in [4.69, 9.17) is 4.74 Å². The molecule has 0 aliphatic carbocycles. The molecule has 1 aromatic heterocycles. The maximum absolute atomic E-state index is 12.2. The molecule has 0 fully saturated rings. The van der Waals surface area contributed by atoms with Crippen LogP contribution in [0.4, 0.5) is 5.69 Å². The predicted octanol–water partition coefficient (Wildman–Crippen LogP) is 2.40. The molecule has 2 heterocycles. The number of hydrogen-bond acceptors (Lipinski definition) is 5.